The molecule has 7 rings (SSSR count). The standard InChI is InChI=1S/C21H20FN3O6S.C10H7NO2/c1-9-8-23(18-10(2)30-21(29)31-18)4-5-24(9)15-7-14-12(6-13(15)22)17(26)16(20(27)28)19-25(14)11(3)32-19;12-10(13)8-5-7-3-1-2-4-9(7)11-6-8/h6-7,9,11H,4-5,8H2,1-3H3,(H,27,28);1-6H,(H,12,13). The Labute approximate surface area is 258 Å². The Bertz CT molecular complexity index is 2120. The van der Waals surface area contributed by atoms with Crippen LogP contribution in [0.2, 0.25) is 0 Å². The predicted molar refractivity (Wildman–Crippen MR) is 165 cm³/mol. The molecule has 0 bridgehead atoms. The van der Waals surface area contributed by atoms with Crippen molar-refractivity contribution in [3.63, 3.8) is 0 Å². The lowest BCUT2D eigenvalue weighted by atomic mass is 10.1. The Morgan fingerprint density at radius 2 is 1.80 bits per heavy atom. The third-order valence-corrected chi connectivity index (χ3v) is 9.04. The molecule has 1 saturated heterocycles. The van der Waals surface area contributed by atoms with Crippen LogP contribution in [-0.4, -0.2) is 57.4 Å². The number of benzene rings is 2. The van der Waals surface area contributed by atoms with Crippen LogP contribution in [0.1, 0.15) is 45.7 Å². The maximum absolute atomic E-state index is 15.2. The van der Waals surface area contributed by atoms with Crippen LogP contribution in [0.15, 0.2) is 72.1 Å². The molecule has 0 aliphatic carbocycles. The highest BCUT2D eigenvalue weighted by atomic mass is 32.2. The zero-order chi connectivity index (χ0) is 32.2. The fraction of sp³-hybridized carbons (Fsp3) is 0.258. The number of piperazine rings is 1. The van der Waals surface area contributed by atoms with E-state index in [1.807, 2.05) is 47.9 Å². The monoisotopic (exact) mass is 634 g/mol. The largest absolute Gasteiger partial charge is 0.520 e. The molecule has 5 aromatic rings. The summed E-state index contributed by atoms with van der Waals surface area (Å²) in [6.45, 7) is 6.89. The molecular formula is C31H27FN4O8S. The number of carboxylic acids is 2. The molecule has 2 unspecified atom stereocenters. The molecule has 12 nitrogen and oxygen atoms in total. The van der Waals surface area contributed by atoms with Crippen molar-refractivity contribution < 1.29 is 33.0 Å². The number of aromatic carboxylic acids is 2. The van der Waals surface area contributed by atoms with Gasteiger partial charge in [-0.2, -0.15) is 0 Å². The summed E-state index contributed by atoms with van der Waals surface area (Å²) in [6.07, 6.45) is 1.37. The SMILES string of the molecule is Cc1oc(=O)oc1N1CCN(c2cc3c(cc2F)c(=O)c(C(=O)O)c2n3C(C)S2)C(C)C1.O=C(O)c1cnc2ccccc2c1. The number of fused-ring (bicyclic) bond motifs is 4. The molecule has 3 aromatic heterocycles. The number of halogens is 1. The number of pyridine rings is 2. The number of anilines is 2. The molecule has 2 atom stereocenters. The zero-order valence-corrected chi connectivity index (χ0v) is 25.1. The van der Waals surface area contributed by atoms with Crippen molar-refractivity contribution in [3.05, 3.63) is 92.2 Å². The van der Waals surface area contributed by atoms with Gasteiger partial charge in [-0.3, -0.25) is 9.78 Å². The van der Waals surface area contributed by atoms with E-state index in [1.54, 1.807) is 23.6 Å². The van der Waals surface area contributed by atoms with Gasteiger partial charge in [-0.25, -0.2) is 18.8 Å². The van der Waals surface area contributed by atoms with E-state index in [2.05, 4.69) is 4.98 Å². The second-order valence-electron chi connectivity index (χ2n) is 10.7. The molecule has 2 aliphatic rings. The summed E-state index contributed by atoms with van der Waals surface area (Å²) in [5, 5.41) is 19.4. The van der Waals surface area contributed by atoms with Crippen molar-refractivity contribution in [2.24, 2.45) is 0 Å². The lowest BCUT2D eigenvalue weighted by Gasteiger charge is -2.41. The fourth-order valence-corrected chi connectivity index (χ4v) is 6.91. The van der Waals surface area contributed by atoms with E-state index in [9.17, 15) is 24.3 Å². The van der Waals surface area contributed by atoms with Crippen molar-refractivity contribution in [1.82, 2.24) is 9.55 Å². The van der Waals surface area contributed by atoms with Gasteiger partial charge in [-0.05, 0) is 45.0 Å². The molecule has 45 heavy (non-hydrogen) atoms. The highest BCUT2D eigenvalue weighted by Gasteiger charge is 2.34. The molecular weight excluding hydrogens is 607 g/mol. The van der Waals surface area contributed by atoms with Gasteiger partial charge >= 0.3 is 17.8 Å². The Hall–Kier alpha value is -5.11. The maximum atomic E-state index is 15.2. The Kier molecular flexibility index (Phi) is 7.60. The van der Waals surface area contributed by atoms with Gasteiger partial charge in [-0.15, -0.1) is 0 Å². The van der Waals surface area contributed by atoms with Gasteiger partial charge in [0.1, 0.15) is 11.4 Å². The first-order valence-electron chi connectivity index (χ1n) is 14.0. The van der Waals surface area contributed by atoms with Crippen LogP contribution >= 0.6 is 11.8 Å². The number of carbonyl (C=O) groups is 2. The minimum Gasteiger partial charge on any atom is -0.478 e. The number of nitrogens with zero attached hydrogens (tertiary/aromatic N) is 4. The summed E-state index contributed by atoms with van der Waals surface area (Å²) in [5.74, 6) is -2.83. The first-order valence-corrected chi connectivity index (χ1v) is 14.8. The van der Waals surface area contributed by atoms with Gasteiger partial charge in [0.05, 0.1) is 32.7 Å². The summed E-state index contributed by atoms with van der Waals surface area (Å²) >= 11 is 1.31. The van der Waals surface area contributed by atoms with E-state index in [4.69, 9.17) is 13.9 Å². The molecule has 232 valence electrons. The number of carboxylic acid groups (broad SMARTS) is 2. The summed E-state index contributed by atoms with van der Waals surface area (Å²) < 4.78 is 27.1. The Balaban J connectivity index is 0.000000229. The Morgan fingerprint density at radius 1 is 1.04 bits per heavy atom. The number of thioether (sulfide) groups is 1. The van der Waals surface area contributed by atoms with Crippen molar-refractivity contribution in [2.75, 3.05) is 29.4 Å². The number of hydrogen-bond acceptors (Lipinski definition) is 10. The molecule has 0 spiro atoms. The number of para-hydroxylation sites is 1. The van der Waals surface area contributed by atoms with Gasteiger partial charge in [0.25, 0.3) is 0 Å². The topological polar surface area (TPSA) is 159 Å². The van der Waals surface area contributed by atoms with Crippen LogP contribution < -0.4 is 21.1 Å². The van der Waals surface area contributed by atoms with Crippen molar-refractivity contribution in [2.45, 2.75) is 37.2 Å². The van der Waals surface area contributed by atoms with Crippen LogP contribution in [0, 0.1) is 12.7 Å². The molecule has 2 N–H and O–H groups in total. The van der Waals surface area contributed by atoms with Gasteiger partial charge in [0, 0.05) is 42.6 Å². The quantitative estimate of drug-likeness (QED) is 0.274. The smallest absolute Gasteiger partial charge is 0.478 e. The van der Waals surface area contributed by atoms with Gasteiger partial charge in [-0.1, -0.05) is 30.0 Å². The molecule has 2 aliphatic heterocycles. The summed E-state index contributed by atoms with van der Waals surface area (Å²) in [6, 6.07) is 11.7. The van der Waals surface area contributed by atoms with E-state index in [0.717, 1.165) is 17.0 Å². The van der Waals surface area contributed by atoms with Crippen LogP contribution in [0.3, 0.4) is 0 Å². The Morgan fingerprint density at radius 3 is 2.44 bits per heavy atom. The van der Waals surface area contributed by atoms with E-state index in [0.29, 0.717) is 47.5 Å². The van der Waals surface area contributed by atoms with Crippen LogP contribution in [0.25, 0.3) is 21.8 Å². The molecule has 0 amide bonds. The zero-order valence-electron chi connectivity index (χ0n) is 24.3. The van der Waals surface area contributed by atoms with Gasteiger partial charge < -0.3 is 33.4 Å². The molecule has 0 saturated carbocycles. The molecule has 2 aromatic carbocycles. The third-order valence-electron chi connectivity index (χ3n) is 7.87. The van der Waals surface area contributed by atoms with E-state index >= 15 is 4.39 Å². The van der Waals surface area contributed by atoms with Crippen molar-refractivity contribution in [3.8, 4) is 0 Å². The fourth-order valence-electron chi connectivity index (χ4n) is 5.76. The van der Waals surface area contributed by atoms with E-state index < -0.39 is 29.0 Å². The molecule has 1 fully saturated rings. The number of hydrogen-bond donors (Lipinski definition) is 2. The predicted octanol–water partition coefficient (Wildman–Crippen LogP) is 4.97. The first-order chi connectivity index (χ1) is 21.4. The minimum atomic E-state index is -1.31. The maximum Gasteiger partial charge on any atom is 0.520 e. The molecule has 5 heterocycles. The highest BCUT2D eigenvalue weighted by Crippen LogP contribution is 2.47. The summed E-state index contributed by atoms with van der Waals surface area (Å²) in [7, 11) is 0. The van der Waals surface area contributed by atoms with Crippen molar-refractivity contribution in [1.29, 1.82) is 0 Å². The summed E-state index contributed by atoms with van der Waals surface area (Å²) in [4.78, 5) is 54.2. The number of aromatic nitrogens is 2. The van der Waals surface area contributed by atoms with E-state index in [-0.39, 0.29) is 27.9 Å². The second kappa shape index (κ2) is 11.4. The van der Waals surface area contributed by atoms with Crippen molar-refractivity contribution >= 4 is 57.1 Å². The van der Waals surface area contributed by atoms with Gasteiger partial charge in [0.15, 0.2) is 5.76 Å². The van der Waals surface area contributed by atoms with Gasteiger partial charge in [0.2, 0.25) is 11.3 Å². The lowest BCUT2D eigenvalue weighted by molar-refractivity contribution is 0.0681. The normalized spacial score (nSPS) is 17.4. The molecule has 14 heteroatoms. The second-order valence-corrected chi connectivity index (χ2v) is 12.1. The first kappa shape index (κ1) is 29.9. The number of rotatable bonds is 4. The average molecular weight is 635 g/mol. The van der Waals surface area contributed by atoms with Crippen LogP contribution in [0.4, 0.5) is 16.0 Å². The number of aryl methyl sites for hydroxylation is 1. The minimum absolute atomic E-state index is 0.0571. The summed E-state index contributed by atoms with van der Waals surface area (Å²) in [5.41, 5.74) is 0.907. The third kappa shape index (κ3) is 5.30. The lowest BCUT2D eigenvalue weighted by Crippen LogP contribution is -2.52. The average Bonchev–Trinajstić information content (AvgIpc) is 3.34. The highest BCUT2D eigenvalue weighted by molar-refractivity contribution is 8.00. The molecule has 0 radical (unpaired) electrons. The van der Waals surface area contributed by atoms with Crippen LogP contribution in [0.5, 0.6) is 0 Å². The van der Waals surface area contributed by atoms with E-state index in [1.165, 1.54) is 18.0 Å². The van der Waals surface area contributed by atoms with Crippen LogP contribution in [-0.2, 0) is 0 Å².